The second kappa shape index (κ2) is 5.44. The first-order chi connectivity index (χ1) is 12.3. The summed E-state index contributed by atoms with van der Waals surface area (Å²) in [4.78, 5) is 24.4. The van der Waals surface area contributed by atoms with Crippen molar-refractivity contribution in [2.75, 3.05) is 5.32 Å². The summed E-state index contributed by atoms with van der Waals surface area (Å²) in [5, 5.41) is 5.25. The first-order valence-corrected chi connectivity index (χ1v) is 8.47. The molecule has 0 saturated heterocycles. The van der Waals surface area contributed by atoms with E-state index in [2.05, 4.69) is 20.3 Å². The molecule has 0 bridgehead atoms. The molecule has 25 heavy (non-hydrogen) atoms. The van der Waals surface area contributed by atoms with Gasteiger partial charge in [0.05, 0.1) is 0 Å². The van der Waals surface area contributed by atoms with Crippen molar-refractivity contribution in [3.05, 3.63) is 59.1 Å². The van der Waals surface area contributed by atoms with Crippen LogP contribution in [0.2, 0.25) is 0 Å². The van der Waals surface area contributed by atoms with Gasteiger partial charge in [0.1, 0.15) is 5.65 Å². The van der Waals surface area contributed by atoms with Gasteiger partial charge >= 0.3 is 0 Å². The minimum Gasteiger partial charge on any atom is -0.361 e. The smallest absolute Gasteiger partial charge is 0.252 e. The molecule has 1 aromatic carbocycles. The largest absolute Gasteiger partial charge is 0.361 e. The first-order valence-electron chi connectivity index (χ1n) is 8.47. The molecule has 0 aliphatic heterocycles. The zero-order valence-corrected chi connectivity index (χ0v) is 13.6. The monoisotopic (exact) mass is 331 g/mol. The Morgan fingerprint density at radius 3 is 2.96 bits per heavy atom. The molecule has 3 aromatic heterocycles. The van der Waals surface area contributed by atoms with Crippen LogP contribution in [0.15, 0.2) is 53.6 Å². The number of hydrogen-bond acceptors (Lipinski definition) is 4. The number of hydrogen-bond donors (Lipinski definition) is 2. The van der Waals surface area contributed by atoms with Gasteiger partial charge < -0.3 is 10.3 Å². The van der Waals surface area contributed by atoms with Crippen LogP contribution in [0, 0.1) is 5.92 Å². The molecule has 3 heterocycles. The molecule has 1 aliphatic rings. The summed E-state index contributed by atoms with van der Waals surface area (Å²) in [5.41, 5.74) is 2.69. The molecule has 0 spiro atoms. The highest BCUT2D eigenvalue weighted by atomic mass is 16.1. The maximum Gasteiger partial charge on any atom is 0.252 e. The number of benzene rings is 1. The molecule has 1 saturated carbocycles. The van der Waals surface area contributed by atoms with Gasteiger partial charge in [-0.25, -0.2) is 4.98 Å². The zero-order valence-electron chi connectivity index (χ0n) is 13.6. The molecule has 124 valence electrons. The Labute approximate surface area is 143 Å². The predicted octanol–water partition coefficient (Wildman–Crippen LogP) is 3.43. The minimum absolute atomic E-state index is 0.00204. The lowest BCUT2D eigenvalue weighted by atomic mass is 10.2. The van der Waals surface area contributed by atoms with Crippen LogP contribution in [0.1, 0.15) is 12.8 Å². The topological polar surface area (TPSA) is 75.6 Å². The highest BCUT2D eigenvalue weighted by Gasteiger charge is 2.23. The molecule has 0 radical (unpaired) electrons. The van der Waals surface area contributed by atoms with Crippen molar-refractivity contribution in [1.82, 2.24) is 19.5 Å². The zero-order chi connectivity index (χ0) is 16.8. The Bertz CT molecular complexity index is 1140. The van der Waals surface area contributed by atoms with Crippen molar-refractivity contribution >= 4 is 33.6 Å². The second-order valence-corrected chi connectivity index (χ2v) is 6.60. The summed E-state index contributed by atoms with van der Waals surface area (Å²) in [6.45, 7) is 0.738. The van der Waals surface area contributed by atoms with Gasteiger partial charge in [-0.15, -0.1) is 0 Å². The van der Waals surface area contributed by atoms with Crippen molar-refractivity contribution in [2.45, 2.75) is 19.4 Å². The van der Waals surface area contributed by atoms with Crippen molar-refractivity contribution in [3.63, 3.8) is 0 Å². The lowest BCUT2D eigenvalue weighted by Gasteiger charge is -2.10. The number of aromatic amines is 1. The van der Waals surface area contributed by atoms with E-state index in [1.54, 1.807) is 22.9 Å². The normalized spacial score (nSPS) is 14.2. The standard InChI is InChI=1S/C19H17N5O/c25-17-6-3-14-10-21-19(23-18(14)24(17)11-12-1-2-12)22-15-4-5-16-13(9-15)7-8-20-16/h3-10,12,20H,1-2,11H2,(H,21,22,23). The molecular formula is C19H17N5O. The fourth-order valence-corrected chi connectivity index (χ4v) is 3.13. The highest BCUT2D eigenvalue weighted by molar-refractivity contribution is 5.84. The van der Waals surface area contributed by atoms with Crippen molar-refractivity contribution in [1.29, 1.82) is 0 Å². The molecule has 1 fully saturated rings. The van der Waals surface area contributed by atoms with E-state index >= 15 is 0 Å². The van der Waals surface area contributed by atoms with E-state index in [-0.39, 0.29) is 5.56 Å². The van der Waals surface area contributed by atoms with Crippen LogP contribution in [0.3, 0.4) is 0 Å². The predicted molar refractivity (Wildman–Crippen MR) is 98.1 cm³/mol. The molecule has 4 aromatic rings. The van der Waals surface area contributed by atoms with Crippen LogP contribution in [0.25, 0.3) is 21.9 Å². The second-order valence-electron chi connectivity index (χ2n) is 6.60. The van der Waals surface area contributed by atoms with Crippen LogP contribution in [0.5, 0.6) is 0 Å². The van der Waals surface area contributed by atoms with Crippen molar-refractivity contribution < 1.29 is 0 Å². The van der Waals surface area contributed by atoms with E-state index in [9.17, 15) is 4.79 Å². The van der Waals surface area contributed by atoms with Crippen LogP contribution >= 0.6 is 0 Å². The van der Waals surface area contributed by atoms with E-state index in [4.69, 9.17) is 0 Å². The number of rotatable bonds is 4. The molecule has 6 nitrogen and oxygen atoms in total. The Morgan fingerprint density at radius 2 is 2.08 bits per heavy atom. The van der Waals surface area contributed by atoms with Crippen LogP contribution in [-0.2, 0) is 6.54 Å². The number of pyridine rings is 1. The van der Waals surface area contributed by atoms with Crippen LogP contribution in [0.4, 0.5) is 11.6 Å². The number of nitrogens with one attached hydrogen (secondary N) is 2. The Morgan fingerprint density at radius 1 is 1.16 bits per heavy atom. The number of nitrogens with zero attached hydrogens (tertiary/aromatic N) is 3. The molecule has 0 unspecified atom stereocenters. The number of H-pyrrole nitrogens is 1. The SMILES string of the molecule is O=c1ccc2cnc(Nc3ccc4[nH]ccc4c3)nc2n1CC1CC1. The summed E-state index contributed by atoms with van der Waals surface area (Å²) in [7, 11) is 0. The lowest BCUT2D eigenvalue weighted by molar-refractivity contribution is 0.622. The summed E-state index contributed by atoms with van der Waals surface area (Å²) in [6.07, 6.45) is 6.06. The number of aromatic nitrogens is 4. The summed E-state index contributed by atoms with van der Waals surface area (Å²) >= 11 is 0. The van der Waals surface area contributed by atoms with E-state index in [1.807, 2.05) is 30.5 Å². The van der Waals surface area contributed by atoms with E-state index < -0.39 is 0 Å². The Balaban J connectivity index is 1.55. The molecule has 1 aliphatic carbocycles. The van der Waals surface area contributed by atoms with Gasteiger partial charge in [-0.3, -0.25) is 9.36 Å². The minimum atomic E-state index is -0.00204. The van der Waals surface area contributed by atoms with Gasteiger partial charge in [0, 0.05) is 47.0 Å². The van der Waals surface area contributed by atoms with E-state index in [1.165, 1.54) is 12.8 Å². The highest BCUT2D eigenvalue weighted by Crippen LogP contribution is 2.31. The lowest BCUT2D eigenvalue weighted by Crippen LogP contribution is -2.21. The maximum absolute atomic E-state index is 12.3. The fraction of sp³-hybridized carbons (Fsp3) is 0.211. The van der Waals surface area contributed by atoms with Gasteiger partial charge in [-0.1, -0.05) is 0 Å². The maximum atomic E-state index is 12.3. The molecule has 6 heteroatoms. The average Bonchev–Trinajstić information content (AvgIpc) is 3.32. The van der Waals surface area contributed by atoms with Crippen LogP contribution in [-0.4, -0.2) is 19.5 Å². The number of fused-ring (bicyclic) bond motifs is 2. The fourth-order valence-electron chi connectivity index (χ4n) is 3.13. The third-order valence-corrected chi connectivity index (χ3v) is 4.67. The van der Waals surface area contributed by atoms with E-state index in [0.717, 1.165) is 28.5 Å². The summed E-state index contributed by atoms with van der Waals surface area (Å²) in [6, 6.07) is 11.4. The molecule has 5 rings (SSSR count). The summed E-state index contributed by atoms with van der Waals surface area (Å²) in [5.74, 6) is 1.10. The Hall–Kier alpha value is -3.15. The molecular weight excluding hydrogens is 314 g/mol. The van der Waals surface area contributed by atoms with Crippen molar-refractivity contribution in [2.24, 2.45) is 5.92 Å². The summed E-state index contributed by atoms with van der Waals surface area (Å²) < 4.78 is 1.77. The van der Waals surface area contributed by atoms with Gasteiger partial charge in [-0.05, 0) is 49.1 Å². The molecule has 2 N–H and O–H groups in total. The van der Waals surface area contributed by atoms with Gasteiger partial charge in [0.2, 0.25) is 5.95 Å². The van der Waals surface area contributed by atoms with Gasteiger partial charge in [0.25, 0.3) is 5.56 Å². The first kappa shape index (κ1) is 14.2. The molecule has 0 amide bonds. The quantitative estimate of drug-likeness (QED) is 0.601. The Kier molecular flexibility index (Phi) is 3.09. The van der Waals surface area contributed by atoms with Gasteiger partial charge in [-0.2, -0.15) is 4.98 Å². The average molecular weight is 331 g/mol. The van der Waals surface area contributed by atoms with Crippen molar-refractivity contribution in [3.8, 4) is 0 Å². The number of anilines is 2. The van der Waals surface area contributed by atoms with Crippen LogP contribution < -0.4 is 10.9 Å². The van der Waals surface area contributed by atoms with E-state index in [0.29, 0.717) is 17.5 Å². The molecule has 0 atom stereocenters. The third-order valence-electron chi connectivity index (χ3n) is 4.67. The van der Waals surface area contributed by atoms with Gasteiger partial charge in [0.15, 0.2) is 0 Å². The third kappa shape index (κ3) is 2.65.